The van der Waals surface area contributed by atoms with E-state index in [9.17, 15) is 0 Å². The monoisotopic (exact) mass is 204 g/mol. The van der Waals surface area contributed by atoms with Gasteiger partial charge in [-0.1, -0.05) is 29.1 Å². The van der Waals surface area contributed by atoms with Gasteiger partial charge in [0.25, 0.3) is 0 Å². The molecule has 0 amide bonds. The van der Waals surface area contributed by atoms with Gasteiger partial charge in [0, 0.05) is 4.48 Å². The lowest BCUT2D eigenvalue weighted by atomic mass is 10.4. The van der Waals surface area contributed by atoms with Gasteiger partial charge in [-0.05, 0) is 6.08 Å². The summed E-state index contributed by atoms with van der Waals surface area (Å²) >= 11 is 3.08. The van der Waals surface area contributed by atoms with Crippen molar-refractivity contribution in [3.63, 3.8) is 0 Å². The second kappa shape index (κ2) is 4.17. The third kappa shape index (κ3) is 3.35. The topological polar surface area (TPSA) is 29.5 Å². The summed E-state index contributed by atoms with van der Waals surface area (Å²) in [5.74, 6) is 0.199. The summed E-state index contributed by atoms with van der Waals surface area (Å²) in [5, 5.41) is 8.81. The molecule has 0 aliphatic heterocycles. The van der Waals surface area contributed by atoms with Crippen LogP contribution in [0.1, 0.15) is 0 Å². The predicted octanol–water partition coefficient (Wildman–Crippen LogP) is 2.50. The van der Waals surface area contributed by atoms with Gasteiger partial charge in [0.2, 0.25) is 0 Å². The first-order chi connectivity index (χ1) is 4.57. The van der Waals surface area contributed by atoms with E-state index < -0.39 is 0 Å². The van der Waals surface area contributed by atoms with E-state index in [2.05, 4.69) is 29.1 Å². The zero-order chi connectivity index (χ0) is 8.15. The first-order valence-electron chi connectivity index (χ1n) is 2.56. The highest BCUT2D eigenvalue weighted by Gasteiger charge is 1.97. The summed E-state index contributed by atoms with van der Waals surface area (Å²) in [7, 11) is 1.45. The van der Waals surface area contributed by atoms with Crippen LogP contribution in [0.4, 0.5) is 0 Å². The molecule has 56 valence electrons. The van der Waals surface area contributed by atoms with E-state index in [0.29, 0.717) is 10.2 Å². The molecule has 10 heavy (non-hydrogen) atoms. The van der Waals surface area contributed by atoms with Crippen LogP contribution in [-0.4, -0.2) is 12.2 Å². The fourth-order valence-electron chi connectivity index (χ4n) is 0.402. The molecule has 0 fully saturated rings. The second-order valence-electron chi connectivity index (χ2n) is 1.61. The molecule has 0 saturated heterocycles. The molecule has 2 nitrogen and oxygen atoms in total. The van der Waals surface area contributed by atoms with Crippen LogP contribution in [0.15, 0.2) is 35.2 Å². The van der Waals surface area contributed by atoms with Crippen molar-refractivity contribution in [2.45, 2.75) is 0 Å². The highest BCUT2D eigenvalue weighted by atomic mass is 79.9. The molecule has 0 atom stereocenters. The molecule has 0 aliphatic rings. The lowest BCUT2D eigenvalue weighted by Crippen LogP contribution is -1.89. The number of hydrogen-bond acceptors (Lipinski definition) is 2. The largest absolute Gasteiger partial charge is 0.505 e. The lowest BCUT2D eigenvalue weighted by molar-refractivity contribution is 0.257. The Morgan fingerprint density at radius 1 is 1.60 bits per heavy atom. The minimum absolute atomic E-state index is 0.108. The van der Waals surface area contributed by atoms with Crippen molar-refractivity contribution in [1.82, 2.24) is 0 Å². The van der Waals surface area contributed by atoms with Crippen LogP contribution in [0.2, 0.25) is 0 Å². The van der Waals surface area contributed by atoms with Crippen molar-refractivity contribution in [1.29, 1.82) is 0 Å². The number of rotatable bonds is 3. The third-order valence-corrected chi connectivity index (χ3v) is 1.02. The van der Waals surface area contributed by atoms with Gasteiger partial charge >= 0.3 is 0 Å². The van der Waals surface area contributed by atoms with Gasteiger partial charge in [0.1, 0.15) is 5.76 Å². The number of aliphatic hydroxyl groups is 1. The van der Waals surface area contributed by atoms with E-state index in [1.807, 2.05) is 0 Å². The maximum Gasteiger partial charge on any atom is 0.160 e. The molecule has 0 aromatic rings. The smallest absolute Gasteiger partial charge is 0.160 e. The molecule has 0 bridgehead atoms. The summed E-state index contributed by atoms with van der Waals surface area (Å²) in [6, 6.07) is 0. The van der Waals surface area contributed by atoms with Crippen molar-refractivity contribution in [2.24, 2.45) is 0 Å². The molecule has 0 aliphatic carbocycles. The highest BCUT2D eigenvalue weighted by Crippen LogP contribution is 2.11. The molecule has 0 radical (unpaired) electrons. The van der Waals surface area contributed by atoms with Gasteiger partial charge < -0.3 is 9.84 Å². The van der Waals surface area contributed by atoms with E-state index in [0.717, 1.165) is 0 Å². The van der Waals surface area contributed by atoms with E-state index in [4.69, 9.17) is 9.84 Å². The average molecular weight is 205 g/mol. The Labute approximate surface area is 68.6 Å². The van der Waals surface area contributed by atoms with E-state index in [1.54, 1.807) is 0 Å². The van der Waals surface area contributed by atoms with Gasteiger partial charge in [-0.15, -0.1) is 0 Å². The highest BCUT2D eigenvalue weighted by molar-refractivity contribution is 9.11. The zero-order valence-corrected chi connectivity index (χ0v) is 7.31. The maximum absolute atomic E-state index is 8.81. The Kier molecular flexibility index (Phi) is 3.88. The molecular weight excluding hydrogens is 196 g/mol. The van der Waals surface area contributed by atoms with Crippen LogP contribution in [0.3, 0.4) is 0 Å². The minimum Gasteiger partial charge on any atom is -0.505 e. The third-order valence-electron chi connectivity index (χ3n) is 0.792. The van der Waals surface area contributed by atoms with Crippen molar-refractivity contribution in [3.8, 4) is 0 Å². The molecule has 0 aromatic heterocycles. The van der Waals surface area contributed by atoms with Crippen molar-refractivity contribution in [2.75, 3.05) is 7.11 Å². The Hall–Kier alpha value is -0.700. The Morgan fingerprint density at radius 3 is 2.20 bits per heavy atom. The first kappa shape index (κ1) is 9.30. The summed E-state index contributed by atoms with van der Waals surface area (Å²) in [5.41, 5.74) is 0. The van der Waals surface area contributed by atoms with Crippen LogP contribution in [0.25, 0.3) is 0 Å². The molecule has 0 unspecified atom stereocenters. The summed E-state index contributed by atoms with van der Waals surface area (Å²) in [6.45, 7) is 6.81. The van der Waals surface area contributed by atoms with E-state index in [1.165, 1.54) is 13.2 Å². The molecule has 0 aromatic carbocycles. The van der Waals surface area contributed by atoms with Gasteiger partial charge in [0.05, 0.1) is 7.11 Å². The van der Waals surface area contributed by atoms with Gasteiger partial charge in [0.15, 0.2) is 5.76 Å². The maximum atomic E-state index is 8.81. The number of aliphatic hydroxyl groups excluding tert-OH is 1. The molecule has 0 heterocycles. The zero-order valence-electron chi connectivity index (χ0n) is 5.72. The molecule has 1 N–H and O–H groups in total. The van der Waals surface area contributed by atoms with Crippen molar-refractivity contribution in [3.05, 3.63) is 35.2 Å². The second-order valence-corrected chi connectivity index (χ2v) is 2.62. The van der Waals surface area contributed by atoms with Crippen LogP contribution >= 0.6 is 15.9 Å². The summed E-state index contributed by atoms with van der Waals surface area (Å²) < 4.78 is 5.37. The standard InChI is InChI=1S/C7H9BrO2/c1-5(8)4-7(10-3)6(2)9/h4,9H,1-2H2,3H3/b7-4+. The quantitative estimate of drug-likeness (QED) is 0.566. The van der Waals surface area contributed by atoms with E-state index in [-0.39, 0.29) is 5.76 Å². The predicted molar refractivity (Wildman–Crippen MR) is 44.9 cm³/mol. The van der Waals surface area contributed by atoms with Gasteiger partial charge in [-0.2, -0.15) is 0 Å². The fraction of sp³-hybridized carbons (Fsp3) is 0.143. The Morgan fingerprint density at radius 2 is 2.10 bits per heavy atom. The number of hydrogen-bond donors (Lipinski definition) is 1. The number of allylic oxidation sites excluding steroid dienone is 2. The fourth-order valence-corrected chi connectivity index (χ4v) is 0.610. The Bertz CT molecular complexity index is 182. The molecular formula is C7H9BrO2. The first-order valence-corrected chi connectivity index (χ1v) is 3.35. The van der Waals surface area contributed by atoms with Crippen molar-refractivity contribution >= 4 is 15.9 Å². The lowest BCUT2D eigenvalue weighted by Gasteiger charge is -2.01. The SMILES string of the molecule is C=C(Br)/C=C(/OC)C(=C)O. The number of ether oxygens (including phenoxy) is 1. The van der Waals surface area contributed by atoms with Crippen LogP contribution in [0.5, 0.6) is 0 Å². The van der Waals surface area contributed by atoms with Crippen LogP contribution < -0.4 is 0 Å². The number of halogens is 1. The number of methoxy groups -OCH3 is 1. The normalized spacial score (nSPS) is 10.8. The van der Waals surface area contributed by atoms with Crippen LogP contribution in [-0.2, 0) is 4.74 Å². The summed E-state index contributed by atoms with van der Waals surface area (Å²) in [6.07, 6.45) is 1.53. The Balaban J connectivity index is 4.34. The van der Waals surface area contributed by atoms with Gasteiger partial charge in [-0.25, -0.2) is 0 Å². The molecule has 3 heteroatoms. The molecule has 0 saturated carbocycles. The molecule has 0 spiro atoms. The summed E-state index contributed by atoms with van der Waals surface area (Å²) in [4.78, 5) is 0. The molecule has 0 rings (SSSR count). The van der Waals surface area contributed by atoms with Gasteiger partial charge in [-0.3, -0.25) is 0 Å². The van der Waals surface area contributed by atoms with E-state index >= 15 is 0 Å². The minimum atomic E-state index is -0.108. The van der Waals surface area contributed by atoms with Crippen LogP contribution in [0, 0.1) is 0 Å². The average Bonchev–Trinajstić information content (AvgIpc) is 1.81. The van der Waals surface area contributed by atoms with Crippen molar-refractivity contribution < 1.29 is 9.84 Å².